The van der Waals surface area contributed by atoms with Crippen molar-refractivity contribution in [2.45, 2.75) is 187 Å². The van der Waals surface area contributed by atoms with Crippen LogP contribution < -0.4 is 0 Å². The Morgan fingerprint density at radius 2 is 0.645 bits per heavy atom. The van der Waals surface area contributed by atoms with Crippen LogP contribution >= 0.6 is 0 Å². The van der Waals surface area contributed by atoms with Crippen LogP contribution in [0.2, 0.25) is 0 Å². The number of carbonyl (C=O) groups is 3. The van der Waals surface area contributed by atoms with Gasteiger partial charge in [-0.05, 0) is 77.0 Å². The summed E-state index contributed by atoms with van der Waals surface area (Å²) in [5.41, 5.74) is 0. The van der Waals surface area contributed by atoms with Gasteiger partial charge in [0.25, 0.3) is 0 Å². The van der Waals surface area contributed by atoms with Crippen molar-refractivity contribution in [1.82, 2.24) is 0 Å². The number of allylic oxidation sites excluding steroid dienone is 22. The third-order valence-electron chi connectivity index (χ3n) is 9.62. The maximum absolute atomic E-state index is 12.7. The molecule has 1 unspecified atom stereocenters. The second-order valence-electron chi connectivity index (χ2n) is 15.5. The van der Waals surface area contributed by atoms with E-state index in [9.17, 15) is 14.4 Å². The topological polar surface area (TPSA) is 78.9 Å². The Kier molecular flexibility index (Phi) is 45.7. The Balaban J connectivity index is 4.57. The van der Waals surface area contributed by atoms with E-state index in [1.807, 2.05) is 60.8 Å². The average Bonchev–Trinajstić information content (AvgIpc) is 3.27. The summed E-state index contributed by atoms with van der Waals surface area (Å²) in [6.07, 6.45) is 68.7. The van der Waals surface area contributed by atoms with Crippen LogP contribution in [-0.2, 0) is 28.6 Å². The first-order valence-corrected chi connectivity index (χ1v) is 24.3. The molecule has 0 saturated heterocycles. The molecule has 0 saturated carbocycles. The summed E-state index contributed by atoms with van der Waals surface area (Å²) in [6, 6.07) is 0. The molecule has 0 amide bonds. The van der Waals surface area contributed by atoms with Crippen molar-refractivity contribution in [3.05, 3.63) is 134 Å². The third kappa shape index (κ3) is 46.6. The smallest absolute Gasteiger partial charge is 0.306 e. The average molecular weight is 855 g/mol. The number of hydrogen-bond donors (Lipinski definition) is 0. The van der Waals surface area contributed by atoms with Gasteiger partial charge < -0.3 is 14.2 Å². The molecule has 0 rings (SSSR count). The fourth-order valence-electron chi connectivity index (χ4n) is 6.00. The van der Waals surface area contributed by atoms with Gasteiger partial charge in [-0.2, -0.15) is 0 Å². The van der Waals surface area contributed by atoms with E-state index >= 15 is 0 Å². The minimum Gasteiger partial charge on any atom is -0.462 e. The molecule has 0 aliphatic heterocycles. The zero-order valence-corrected chi connectivity index (χ0v) is 39.3. The minimum absolute atomic E-state index is 0.130. The highest BCUT2D eigenvalue weighted by atomic mass is 16.6. The second kappa shape index (κ2) is 49.2. The highest BCUT2D eigenvalue weighted by Gasteiger charge is 2.19. The fourth-order valence-corrected chi connectivity index (χ4v) is 6.00. The van der Waals surface area contributed by atoms with Gasteiger partial charge in [-0.3, -0.25) is 14.4 Å². The van der Waals surface area contributed by atoms with Gasteiger partial charge >= 0.3 is 17.9 Å². The van der Waals surface area contributed by atoms with Crippen molar-refractivity contribution in [2.75, 3.05) is 13.2 Å². The van der Waals surface area contributed by atoms with E-state index in [0.29, 0.717) is 19.3 Å². The third-order valence-corrected chi connectivity index (χ3v) is 9.62. The van der Waals surface area contributed by atoms with E-state index in [4.69, 9.17) is 14.2 Å². The molecule has 0 radical (unpaired) electrons. The molecular weight excluding hydrogens is 769 g/mol. The van der Waals surface area contributed by atoms with Crippen LogP contribution in [0.15, 0.2) is 134 Å². The van der Waals surface area contributed by atoms with Gasteiger partial charge in [-0.1, -0.05) is 219 Å². The van der Waals surface area contributed by atoms with Crippen molar-refractivity contribution in [3.8, 4) is 0 Å². The SMILES string of the molecule is CC\C=C/C=C\C=C/C=C\C=C/CCCC(=O)OC(COC(=O)CCCCCCC\C=C/C=C\C=C/CC)COC(=O)CCCCCCC\C=C/C=C\C=C/CCCCCCC. The van der Waals surface area contributed by atoms with E-state index in [-0.39, 0.29) is 31.6 Å². The number of rotatable bonds is 41. The summed E-state index contributed by atoms with van der Waals surface area (Å²) in [7, 11) is 0. The second-order valence-corrected chi connectivity index (χ2v) is 15.5. The first kappa shape index (κ1) is 57.5. The lowest BCUT2D eigenvalue weighted by Gasteiger charge is -2.18. The molecule has 0 bridgehead atoms. The maximum atomic E-state index is 12.7. The first-order valence-electron chi connectivity index (χ1n) is 24.3. The number of esters is 3. The predicted molar refractivity (Wildman–Crippen MR) is 265 cm³/mol. The van der Waals surface area contributed by atoms with E-state index in [1.54, 1.807) is 0 Å². The van der Waals surface area contributed by atoms with Crippen LogP contribution in [-0.4, -0.2) is 37.2 Å². The normalized spacial score (nSPS) is 13.3. The van der Waals surface area contributed by atoms with Crippen molar-refractivity contribution < 1.29 is 28.6 Å². The molecule has 0 spiro atoms. The van der Waals surface area contributed by atoms with E-state index in [1.165, 1.54) is 32.1 Å². The van der Waals surface area contributed by atoms with Crippen LogP contribution in [0.1, 0.15) is 181 Å². The van der Waals surface area contributed by atoms with Gasteiger partial charge in [0.15, 0.2) is 6.10 Å². The number of unbranched alkanes of at least 4 members (excludes halogenated alkanes) is 16. The van der Waals surface area contributed by atoms with Gasteiger partial charge in [0, 0.05) is 19.3 Å². The van der Waals surface area contributed by atoms with Crippen LogP contribution in [0.25, 0.3) is 0 Å². The lowest BCUT2D eigenvalue weighted by atomic mass is 10.1. The molecule has 0 heterocycles. The van der Waals surface area contributed by atoms with Gasteiger partial charge in [0.05, 0.1) is 0 Å². The Morgan fingerprint density at radius 3 is 1.03 bits per heavy atom. The van der Waals surface area contributed by atoms with Crippen molar-refractivity contribution in [1.29, 1.82) is 0 Å². The number of hydrogen-bond acceptors (Lipinski definition) is 6. The fraction of sp³-hybridized carbons (Fsp3) is 0.554. The Labute approximate surface area is 379 Å². The quantitative estimate of drug-likeness (QED) is 0.0264. The van der Waals surface area contributed by atoms with Crippen molar-refractivity contribution in [2.24, 2.45) is 0 Å². The Bertz CT molecular complexity index is 1400. The van der Waals surface area contributed by atoms with Crippen molar-refractivity contribution in [3.63, 3.8) is 0 Å². The lowest BCUT2D eigenvalue weighted by Crippen LogP contribution is -2.30. The minimum atomic E-state index is -0.836. The predicted octanol–water partition coefficient (Wildman–Crippen LogP) is 15.9. The van der Waals surface area contributed by atoms with Gasteiger partial charge in [-0.25, -0.2) is 0 Å². The summed E-state index contributed by atoms with van der Waals surface area (Å²) < 4.78 is 16.6. The van der Waals surface area contributed by atoms with Gasteiger partial charge in [-0.15, -0.1) is 0 Å². The maximum Gasteiger partial charge on any atom is 0.306 e. The molecule has 0 aliphatic rings. The van der Waals surface area contributed by atoms with E-state index in [2.05, 4.69) is 93.7 Å². The van der Waals surface area contributed by atoms with Crippen molar-refractivity contribution >= 4 is 17.9 Å². The standard InChI is InChI=1S/C56H86O6/c1-4-7-10-13-16-19-22-25-26-27-28-29-32-34-37-40-43-46-49-55(58)61-52-53(62-56(59)50-47-44-41-38-35-31-24-21-18-15-12-9-6-3)51-60-54(57)48-45-42-39-36-33-30-23-20-17-14-11-8-5-2/h8-9,11-12,14-15,17-18,20-29,31,35,38,41,53H,4-7,10,13,16,19,30,32-34,36-37,39-40,42-52H2,1-3H3/b11-8-,12-9-,17-14-,18-15-,23-20-,24-21-,25-22-,27-26-,29-28-,35-31-,41-38-. The molecule has 1 atom stereocenters. The Hall–Kier alpha value is -4.45. The number of carbonyl (C=O) groups excluding carboxylic acids is 3. The molecule has 0 aromatic heterocycles. The summed E-state index contributed by atoms with van der Waals surface area (Å²) in [5.74, 6) is -1.06. The molecule has 6 heteroatoms. The van der Waals surface area contributed by atoms with Crippen LogP contribution in [0.4, 0.5) is 0 Å². The van der Waals surface area contributed by atoms with Crippen LogP contribution in [0.5, 0.6) is 0 Å². The summed E-state index contributed by atoms with van der Waals surface area (Å²) in [5, 5.41) is 0. The molecule has 0 fully saturated rings. The molecule has 0 aromatic carbocycles. The summed E-state index contributed by atoms with van der Waals surface area (Å²) in [4.78, 5) is 37.9. The highest BCUT2D eigenvalue weighted by Crippen LogP contribution is 2.12. The molecule has 0 aliphatic carbocycles. The zero-order valence-electron chi connectivity index (χ0n) is 39.3. The lowest BCUT2D eigenvalue weighted by molar-refractivity contribution is -0.167. The van der Waals surface area contributed by atoms with Gasteiger partial charge in [0.2, 0.25) is 0 Å². The molecule has 6 nitrogen and oxygen atoms in total. The Morgan fingerprint density at radius 1 is 0.339 bits per heavy atom. The molecule has 346 valence electrons. The van der Waals surface area contributed by atoms with Crippen LogP contribution in [0, 0.1) is 0 Å². The first-order chi connectivity index (χ1) is 30.5. The van der Waals surface area contributed by atoms with E-state index in [0.717, 1.165) is 103 Å². The largest absolute Gasteiger partial charge is 0.462 e. The number of ether oxygens (including phenoxy) is 3. The highest BCUT2D eigenvalue weighted by molar-refractivity contribution is 5.71. The molecular formula is C56H86O6. The van der Waals surface area contributed by atoms with E-state index < -0.39 is 12.1 Å². The summed E-state index contributed by atoms with van der Waals surface area (Å²) >= 11 is 0. The zero-order chi connectivity index (χ0) is 45.1. The molecule has 0 N–H and O–H groups in total. The van der Waals surface area contributed by atoms with Gasteiger partial charge in [0.1, 0.15) is 13.2 Å². The molecule has 62 heavy (non-hydrogen) atoms. The molecule has 0 aromatic rings. The van der Waals surface area contributed by atoms with Crippen LogP contribution in [0.3, 0.4) is 0 Å². The monoisotopic (exact) mass is 855 g/mol. The summed E-state index contributed by atoms with van der Waals surface area (Å²) in [6.45, 7) is 6.21.